The van der Waals surface area contributed by atoms with Crippen molar-refractivity contribution in [3.05, 3.63) is 12.7 Å². The Morgan fingerprint density at radius 2 is 2.20 bits per heavy atom. The number of nitrogens with one attached hydrogen (secondary N) is 2. The summed E-state index contributed by atoms with van der Waals surface area (Å²) in [5.41, 5.74) is 0. The molecule has 0 saturated heterocycles. The van der Waals surface area contributed by atoms with E-state index in [0.717, 1.165) is 0 Å². The van der Waals surface area contributed by atoms with Gasteiger partial charge in [-0.2, -0.15) is 0 Å². The number of carbonyl (C=O) groups excluding carboxylic acids is 1. The third kappa shape index (κ3) is 7.54. The molecule has 2 amide bonds. The largest absolute Gasteiger partial charge is 0.481 e. The Morgan fingerprint density at radius 1 is 1.53 bits per heavy atom. The van der Waals surface area contributed by atoms with Gasteiger partial charge in [-0.3, -0.25) is 4.79 Å². The molecule has 0 aromatic rings. The average Bonchev–Trinajstić information content (AvgIpc) is 2.16. The number of carboxylic acid groups (broad SMARTS) is 1. The fourth-order valence-corrected chi connectivity index (χ4v) is 1.03. The lowest BCUT2D eigenvalue weighted by atomic mass is 10.1. The van der Waals surface area contributed by atoms with Crippen molar-refractivity contribution < 1.29 is 14.7 Å². The van der Waals surface area contributed by atoms with E-state index in [-0.39, 0.29) is 18.5 Å². The molecular formula is C10H18N2O3. The molecule has 0 fully saturated rings. The predicted octanol–water partition coefficient (Wildman–Crippen LogP) is 1.11. The maximum atomic E-state index is 11.2. The van der Waals surface area contributed by atoms with Crippen molar-refractivity contribution in [1.82, 2.24) is 10.6 Å². The second kappa shape index (κ2) is 7.84. The summed E-state index contributed by atoms with van der Waals surface area (Å²) >= 11 is 0. The van der Waals surface area contributed by atoms with Crippen LogP contribution >= 0.6 is 0 Å². The zero-order chi connectivity index (χ0) is 11.7. The summed E-state index contributed by atoms with van der Waals surface area (Å²) in [6.45, 7) is 5.87. The monoisotopic (exact) mass is 214 g/mol. The van der Waals surface area contributed by atoms with Crippen LogP contribution in [0.15, 0.2) is 12.7 Å². The Labute approximate surface area is 89.6 Å². The van der Waals surface area contributed by atoms with E-state index in [0.29, 0.717) is 19.4 Å². The lowest BCUT2D eigenvalue weighted by Gasteiger charge is -2.15. The molecule has 86 valence electrons. The summed E-state index contributed by atoms with van der Waals surface area (Å²) in [6.07, 6.45) is 2.95. The summed E-state index contributed by atoms with van der Waals surface area (Å²) in [4.78, 5) is 21.6. The fraction of sp³-hybridized carbons (Fsp3) is 0.600. The maximum Gasteiger partial charge on any atom is 0.315 e. The molecular weight excluding hydrogens is 196 g/mol. The normalized spacial score (nSPS) is 11.5. The van der Waals surface area contributed by atoms with Gasteiger partial charge < -0.3 is 15.7 Å². The molecule has 5 heteroatoms. The van der Waals surface area contributed by atoms with Gasteiger partial charge in [0, 0.05) is 12.6 Å². The van der Waals surface area contributed by atoms with Crippen LogP contribution in [0.1, 0.15) is 26.2 Å². The van der Waals surface area contributed by atoms with Crippen molar-refractivity contribution in [2.75, 3.05) is 6.54 Å². The van der Waals surface area contributed by atoms with E-state index < -0.39 is 5.97 Å². The van der Waals surface area contributed by atoms with Gasteiger partial charge in [0.25, 0.3) is 0 Å². The molecule has 0 saturated carbocycles. The molecule has 0 aliphatic rings. The molecule has 1 unspecified atom stereocenters. The fourth-order valence-electron chi connectivity index (χ4n) is 1.03. The molecule has 0 aromatic carbocycles. The van der Waals surface area contributed by atoms with Crippen molar-refractivity contribution in [2.24, 2.45) is 0 Å². The van der Waals surface area contributed by atoms with Crippen LogP contribution in [0.5, 0.6) is 0 Å². The maximum absolute atomic E-state index is 11.2. The van der Waals surface area contributed by atoms with Gasteiger partial charge in [-0.25, -0.2) is 4.79 Å². The van der Waals surface area contributed by atoms with Crippen LogP contribution in [0.4, 0.5) is 4.79 Å². The van der Waals surface area contributed by atoms with E-state index in [4.69, 9.17) is 5.11 Å². The van der Waals surface area contributed by atoms with E-state index >= 15 is 0 Å². The lowest BCUT2D eigenvalue weighted by molar-refractivity contribution is -0.137. The van der Waals surface area contributed by atoms with Gasteiger partial charge in [0.15, 0.2) is 0 Å². The minimum absolute atomic E-state index is 0.0502. The minimum atomic E-state index is -0.909. The number of amides is 2. The van der Waals surface area contributed by atoms with E-state index in [2.05, 4.69) is 17.2 Å². The van der Waals surface area contributed by atoms with Gasteiger partial charge in [0.1, 0.15) is 0 Å². The number of hydrogen-bond donors (Lipinski definition) is 3. The SMILES string of the molecule is C=CCCNC(=O)NC(CC)CC(=O)O. The molecule has 3 N–H and O–H groups in total. The second-order valence-electron chi connectivity index (χ2n) is 3.18. The van der Waals surface area contributed by atoms with Crippen LogP contribution in [0.25, 0.3) is 0 Å². The molecule has 0 spiro atoms. The molecule has 0 radical (unpaired) electrons. The average molecular weight is 214 g/mol. The van der Waals surface area contributed by atoms with Gasteiger partial charge in [0.05, 0.1) is 6.42 Å². The summed E-state index contributed by atoms with van der Waals surface area (Å²) in [6, 6.07) is -0.642. The summed E-state index contributed by atoms with van der Waals surface area (Å²) in [7, 11) is 0. The first kappa shape index (κ1) is 13.5. The van der Waals surface area contributed by atoms with E-state index in [9.17, 15) is 9.59 Å². The number of aliphatic carboxylic acids is 1. The summed E-state index contributed by atoms with van der Waals surface area (Å²) in [5.74, 6) is -0.909. The zero-order valence-corrected chi connectivity index (χ0v) is 8.95. The van der Waals surface area contributed by atoms with Crippen LogP contribution in [0.3, 0.4) is 0 Å². The molecule has 0 aliphatic heterocycles. The van der Waals surface area contributed by atoms with E-state index in [1.165, 1.54) is 0 Å². The van der Waals surface area contributed by atoms with Crippen molar-refractivity contribution in [3.63, 3.8) is 0 Å². The minimum Gasteiger partial charge on any atom is -0.481 e. The Kier molecular flexibility index (Phi) is 7.05. The molecule has 0 bridgehead atoms. The third-order valence-corrected chi connectivity index (χ3v) is 1.88. The number of rotatable bonds is 7. The highest BCUT2D eigenvalue weighted by Gasteiger charge is 2.12. The van der Waals surface area contributed by atoms with Gasteiger partial charge >= 0.3 is 12.0 Å². The summed E-state index contributed by atoms with van der Waals surface area (Å²) in [5, 5.41) is 13.8. The first-order chi connectivity index (χ1) is 7.10. The molecule has 0 aliphatic carbocycles. The third-order valence-electron chi connectivity index (χ3n) is 1.88. The van der Waals surface area contributed by atoms with E-state index in [1.54, 1.807) is 6.08 Å². The van der Waals surface area contributed by atoms with Crippen LogP contribution in [0, 0.1) is 0 Å². The highest BCUT2D eigenvalue weighted by atomic mass is 16.4. The van der Waals surface area contributed by atoms with Crippen LogP contribution in [-0.4, -0.2) is 29.7 Å². The van der Waals surface area contributed by atoms with Crippen molar-refractivity contribution in [2.45, 2.75) is 32.2 Å². The Balaban J connectivity index is 3.79. The Morgan fingerprint density at radius 3 is 2.67 bits per heavy atom. The van der Waals surface area contributed by atoms with Gasteiger partial charge in [-0.15, -0.1) is 6.58 Å². The van der Waals surface area contributed by atoms with Crippen molar-refractivity contribution in [1.29, 1.82) is 0 Å². The molecule has 1 atom stereocenters. The molecule has 5 nitrogen and oxygen atoms in total. The highest BCUT2D eigenvalue weighted by Crippen LogP contribution is 1.96. The van der Waals surface area contributed by atoms with E-state index in [1.807, 2.05) is 6.92 Å². The second-order valence-corrected chi connectivity index (χ2v) is 3.18. The molecule has 0 heterocycles. The number of urea groups is 1. The Bertz CT molecular complexity index is 229. The first-order valence-corrected chi connectivity index (χ1v) is 4.97. The number of carbonyl (C=O) groups is 2. The van der Waals surface area contributed by atoms with Gasteiger partial charge in [-0.05, 0) is 12.8 Å². The molecule has 15 heavy (non-hydrogen) atoms. The molecule has 0 aromatic heterocycles. The molecule has 0 rings (SSSR count). The zero-order valence-electron chi connectivity index (χ0n) is 8.95. The van der Waals surface area contributed by atoms with Crippen LogP contribution in [-0.2, 0) is 4.79 Å². The van der Waals surface area contributed by atoms with Crippen molar-refractivity contribution >= 4 is 12.0 Å². The van der Waals surface area contributed by atoms with Gasteiger partial charge in [-0.1, -0.05) is 13.0 Å². The number of carboxylic acids is 1. The smallest absolute Gasteiger partial charge is 0.315 e. The van der Waals surface area contributed by atoms with Crippen LogP contribution < -0.4 is 10.6 Å². The first-order valence-electron chi connectivity index (χ1n) is 4.97. The number of hydrogen-bond acceptors (Lipinski definition) is 2. The lowest BCUT2D eigenvalue weighted by Crippen LogP contribution is -2.43. The Hall–Kier alpha value is -1.52. The quantitative estimate of drug-likeness (QED) is 0.439. The predicted molar refractivity (Wildman–Crippen MR) is 57.7 cm³/mol. The van der Waals surface area contributed by atoms with Crippen LogP contribution in [0.2, 0.25) is 0 Å². The van der Waals surface area contributed by atoms with Crippen molar-refractivity contribution in [3.8, 4) is 0 Å². The topological polar surface area (TPSA) is 78.4 Å². The highest BCUT2D eigenvalue weighted by molar-refractivity contribution is 5.75. The van der Waals surface area contributed by atoms with Gasteiger partial charge in [0.2, 0.25) is 0 Å². The summed E-state index contributed by atoms with van der Waals surface area (Å²) < 4.78 is 0. The standard InChI is InChI=1S/C10H18N2O3/c1-3-5-6-11-10(15)12-8(4-2)7-9(13)14/h3,8H,1,4-7H2,2H3,(H,13,14)(H2,11,12,15).